The summed E-state index contributed by atoms with van der Waals surface area (Å²) in [7, 11) is -5.25. The number of hydrogen-bond acceptors (Lipinski definition) is 10. The predicted molar refractivity (Wildman–Crippen MR) is 75.0 cm³/mol. The fourth-order valence-electron chi connectivity index (χ4n) is 2.04. The number of carbonyl (C=O) groups is 1. The zero-order valence-electron chi connectivity index (χ0n) is 11.9. The number of ether oxygens (including phenoxy) is 1. The van der Waals surface area contributed by atoms with Crippen LogP contribution in [-0.2, 0) is 18.6 Å². The third-order valence-corrected chi connectivity index (χ3v) is 3.69. The van der Waals surface area contributed by atoms with Crippen LogP contribution in [0.3, 0.4) is 0 Å². The van der Waals surface area contributed by atoms with Gasteiger partial charge >= 0.3 is 7.82 Å². The monoisotopic (exact) mass is 369 g/mol. The van der Waals surface area contributed by atoms with Crippen LogP contribution in [0.15, 0.2) is 9.98 Å². The molecule has 14 nitrogen and oxygen atoms in total. The highest BCUT2D eigenvalue weighted by Crippen LogP contribution is 2.41. The normalized spacial score (nSPS) is 39.0. The number of hydrogen-bond donors (Lipinski definition) is 8. The summed E-state index contributed by atoms with van der Waals surface area (Å²) < 4.78 is 20.4. The van der Waals surface area contributed by atoms with Gasteiger partial charge in [0, 0.05) is 0 Å². The van der Waals surface area contributed by atoms with Gasteiger partial charge in [-0.3, -0.25) is 15.8 Å². The van der Waals surface area contributed by atoms with Crippen molar-refractivity contribution in [3.8, 4) is 0 Å². The molecule has 24 heavy (non-hydrogen) atoms. The fraction of sp³-hybridized carbons (Fsp3) is 0.667. The van der Waals surface area contributed by atoms with Gasteiger partial charge in [0.2, 0.25) is 5.96 Å². The van der Waals surface area contributed by atoms with Gasteiger partial charge < -0.3 is 35.6 Å². The van der Waals surface area contributed by atoms with E-state index in [0.29, 0.717) is 0 Å². The van der Waals surface area contributed by atoms with E-state index >= 15 is 0 Å². The summed E-state index contributed by atoms with van der Waals surface area (Å²) in [5.41, 5.74) is 8.05. The minimum atomic E-state index is -5.25. The highest BCUT2D eigenvalue weighted by Gasteiger charge is 2.51. The van der Waals surface area contributed by atoms with Gasteiger partial charge in [0.15, 0.2) is 12.1 Å². The Bertz CT molecular complexity index is 635. The Morgan fingerprint density at radius 1 is 1.42 bits per heavy atom. The molecule has 2 heterocycles. The van der Waals surface area contributed by atoms with E-state index in [1.54, 1.807) is 0 Å². The van der Waals surface area contributed by atoms with Crippen LogP contribution in [0.2, 0.25) is 0 Å². The first-order valence-corrected chi connectivity index (χ1v) is 7.92. The molecule has 10 N–H and O–H groups in total. The molecule has 136 valence electrons. The van der Waals surface area contributed by atoms with Crippen LogP contribution in [0.1, 0.15) is 0 Å². The number of nitrogens with two attached hydrogens (primary N) is 2. The number of phosphoric acid groups is 1. The number of rotatable bonds is 4. The molecule has 15 heteroatoms. The van der Waals surface area contributed by atoms with Crippen molar-refractivity contribution in [1.29, 1.82) is 0 Å². The van der Waals surface area contributed by atoms with E-state index in [0.717, 1.165) is 0 Å². The predicted octanol–water partition coefficient (Wildman–Crippen LogP) is -4.97. The summed E-state index contributed by atoms with van der Waals surface area (Å²) in [4.78, 5) is 36.9. The van der Waals surface area contributed by atoms with E-state index in [2.05, 4.69) is 14.5 Å². The largest absolute Gasteiger partial charge is 0.472 e. The topological polar surface area (TPSA) is 243 Å². The van der Waals surface area contributed by atoms with Gasteiger partial charge in [0.1, 0.15) is 18.3 Å². The molecule has 0 spiro atoms. The fourth-order valence-corrected chi connectivity index (χ4v) is 2.58. The zero-order chi connectivity index (χ0) is 18.3. The molecule has 0 aromatic heterocycles. The van der Waals surface area contributed by atoms with E-state index in [-0.39, 0.29) is 0 Å². The van der Waals surface area contributed by atoms with Crippen molar-refractivity contribution in [2.75, 3.05) is 6.61 Å². The standard InChI is InChI=1S/C9H16N5O9P/c10-8-13-6(9(11,7(18)14-8)23-24(19,20)21)12-5-4(17)3(16)2(1-15)22-5/h2-5,15-17H,1,11H2,(H2,19,20,21)(H3,10,12,13,14,18)/t2-,3-,4-,5?,9?/m1/s1. The molecular formula is C9H16N5O9P. The van der Waals surface area contributed by atoms with Gasteiger partial charge in [-0.15, -0.1) is 0 Å². The molecule has 5 atom stereocenters. The Labute approximate surface area is 134 Å². The molecule has 2 aliphatic rings. The van der Waals surface area contributed by atoms with Gasteiger partial charge in [-0.1, -0.05) is 0 Å². The number of nitrogens with zero attached hydrogens (tertiary/aromatic N) is 2. The molecule has 0 aliphatic carbocycles. The summed E-state index contributed by atoms with van der Waals surface area (Å²) in [5, 5.41) is 30.4. The summed E-state index contributed by atoms with van der Waals surface area (Å²) >= 11 is 0. The maximum absolute atomic E-state index is 11.9. The van der Waals surface area contributed by atoms with Crippen molar-refractivity contribution in [3.05, 3.63) is 0 Å². The summed E-state index contributed by atoms with van der Waals surface area (Å²) in [5.74, 6) is -2.58. The highest BCUT2D eigenvalue weighted by atomic mass is 31.2. The molecule has 0 aromatic rings. The Morgan fingerprint density at radius 2 is 2.04 bits per heavy atom. The van der Waals surface area contributed by atoms with E-state index in [9.17, 15) is 19.6 Å². The molecule has 0 aromatic carbocycles. The molecule has 0 radical (unpaired) electrons. The minimum Gasteiger partial charge on any atom is -0.394 e. The third kappa shape index (κ3) is 3.61. The van der Waals surface area contributed by atoms with Crippen LogP contribution in [0.5, 0.6) is 0 Å². The van der Waals surface area contributed by atoms with Crippen molar-refractivity contribution >= 4 is 25.5 Å². The number of guanidine groups is 1. The van der Waals surface area contributed by atoms with E-state index in [1.807, 2.05) is 5.32 Å². The number of aliphatic hydroxyl groups is 3. The molecular weight excluding hydrogens is 353 g/mol. The second kappa shape index (κ2) is 6.44. The van der Waals surface area contributed by atoms with Crippen LogP contribution in [-0.4, -0.2) is 79.7 Å². The Hall–Kier alpha value is -1.48. The van der Waals surface area contributed by atoms with Gasteiger partial charge in [-0.2, -0.15) is 4.99 Å². The van der Waals surface area contributed by atoms with Gasteiger partial charge in [0.05, 0.1) is 6.61 Å². The van der Waals surface area contributed by atoms with Crippen molar-refractivity contribution in [1.82, 2.24) is 5.32 Å². The number of nitrogens with one attached hydrogen (secondary N) is 1. The van der Waals surface area contributed by atoms with Crippen LogP contribution in [0, 0.1) is 0 Å². The first-order valence-electron chi connectivity index (χ1n) is 6.39. The van der Waals surface area contributed by atoms with Crippen molar-refractivity contribution in [2.24, 2.45) is 21.5 Å². The lowest BCUT2D eigenvalue weighted by Crippen LogP contribution is -2.66. The summed E-state index contributed by atoms with van der Waals surface area (Å²) in [6.45, 7) is -0.641. The number of amides is 1. The molecule has 2 rings (SSSR count). The summed E-state index contributed by atoms with van der Waals surface area (Å²) in [6, 6.07) is 0. The third-order valence-electron chi connectivity index (χ3n) is 3.17. The van der Waals surface area contributed by atoms with Gasteiger partial charge in [0.25, 0.3) is 11.6 Å². The molecule has 2 aliphatic heterocycles. The Balaban J connectivity index is 2.41. The average molecular weight is 369 g/mol. The number of aliphatic hydroxyl groups excluding tert-OH is 3. The van der Waals surface area contributed by atoms with Crippen molar-refractivity contribution < 1.29 is 43.7 Å². The molecule has 0 bridgehead atoms. The van der Waals surface area contributed by atoms with Gasteiger partial charge in [-0.25, -0.2) is 14.1 Å². The quantitative estimate of drug-likeness (QED) is 0.172. The second-order valence-electron chi connectivity index (χ2n) is 4.95. The maximum Gasteiger partial charge on any atom is 0.472 e. The zero-order valence-corrected chi connectivity index (χ0v) is 12.8. The SMILES string of the molecule is NC1=NC(=NC2O[C@H](CO)[C@@H](O)[C@H]2O)C(N)(OP(=O)(O)O)C(=O)N1. The number of aliphatic imine (C=N–C) groups is 2. The maximum atomic E-state index is 11.9. The Morgan fingerprint density at radius 3 is 2.54 bits per heavy atom. The lowest BCUT2D eigenvalue weighted by Gasteiger charge is -2.31. The first kappa shape index (κ1) is 18.9. The first-order chi connectivity index (χ1) is 11.0. The lowest BCUT2D eigenvalue weighted by molar-refractivity contribution is -0.131. The van der Waals surface area contributed by atoms with Crippen LogP contribution in [0.4, 0.5) is 0 Å². The smallest absolute Gasteiger partial charge is 0.394 e. The average Bonchev–Trinajstić information content (AvgIpc) is 2.71. The molecule has 2 unspecified atom stereocenters. The van der Waals surface area contributed by atoms with Gasteiger partial charge in [-0.05, 0) is 0 Å². The highest BCUT2D eigenvalue weighted by molar-refractivity contribution is 7.46. The second-order valence-corrected chi connectivity index (χ2v) is 6.11. The summed E-state index contributed by atoms with van der Waals surface area (Å²) in [6.07, 6.45) is -5.85. The molecule has 0 saturated carbocycles. The number of phosphoric ester groups is 1. The van der Waals surface area contributed by atoms with Crippen LogP contribution >= 0.6 is 7.82 Å². The van der Waals surface area contributed by atoms with E-state index in [4.69, 9.17) is 31.1 Å². The Kier molecular flexibility index (Phi) is 5.06. The van der Waals surface area contributed by atoms with Crippen LogP contribution < -0.4 is 16.8 Å². The van der Waals surface area contributed by atoms with Crippen LogP contribution in [0.25, 0.3) is 0 Å². The van der Waals surface area contributed by atoms with E-state index in [1.165, 1.54) is 0 Å². The number of carbonyl (C=O) groups excluding carboxylic acids is 1. The lowest BCUT2D eigenvalue weighted by atomic mass is 10.1. The van der Waals surface area contributed by atoms with Crippen molar-refractivity contribution in [3.63, 3.8) is 0 Å². The molecule has 1 amide bonds. The molecule has 1 fully saturated rings. The van der Waals surface area contributed by atoms with Crippen molar-refractivity contribution in [2.45, 2.75) is 30.3 Å². The molecule has 1 saturated heterocycles. The minimum absolute atomic E-state index is 0.499. The van der Waals surface area contributed by atoms with E-state index < -0.39 is 62.4 Å². The number of amidine groups is 1.